The fourth-order valence-electron chi connectivity index (χ4n) is 3.43. The molecular weight excluding hydrogens is 340 g/mol. The van der Waals surface area contributed by atoms with Gasteiger partial charge in [-0.3, -0.25) is 0 Å². The molecule has 1 aliphatic rings. The molecule has 3 heteroatoms. The third-order valence-corrected chi connectivity index (χ3v) is 7.36. The van der Waals surface area contributed by atoms with Crippen LogP contribution in [0.4, 0.5) is 0 Å². The van der Waals surface area contributed by atoms with Gasteiger partial charge in [0.15, 0.2) is 0 Å². The summed E-state index contributed by atoms with van der Waals surface area (Å²) in [6, 6.07) is 6.43. The van der Waals surface area contributed by atoms with Crippen LogP contribution >= 0.6 is 38.9 Å². The van der Waals surface area contributed by atoms with Gasteiger partial charge in [-0.25, -0.2) is 0 Å². The highest BCUT2D eigenvalue weighted by Gasteiger charge is 2.40. The van der Waals surface area contributed by atoms with E-state index < -0.39 is 0 Å². The van der Waals surface area contributed by atoms with Crippen LogP contribution < -0.4 is 0 Å². The second kappa shape index (κ2) is 5.38. The molecule has 19 heavy (non-hydrogen) atoms. The largest absolute Gasteiger partial charge is 0.142 e. The van der Waals surface area contributed by atoms with E-state index in [1.54, 1.807) is 11.3 Å². The minimum absolute atomic E-state index is 0.156. The molecule has 2 aromatic rings. The van der Waals surface area contributed by atoms with E-state index in [0.717, 1.165) is 0 Å². The fraction of sp³-hybridized carbons (Fsp3) is 0.500. The van der Waals surface area contributed by atoms with Crippen LogP contribution in [0.3, 0.4) is 0 Å². The minimum atomic E-state index is 0.156. The molecule has 0 N–H and O–H groups in total. The maximum absolute atomic E-state index is 6.93. The van der Waals surface area contributed by atoms with Gasteiger partial charge in [-0.2, -0.15) is 0 Å². The van der Waals surface area contributed by atoms with Crippen molar-refractivity contribution in [2.75, 3.05) is 0 Å². The second-order valence-corrected chi connectivity index (χ2v) is 7.76. The molecule has 0 nitrogen and oxygen atoms in total. The summed E-state index contributed by atoms with van der Waals surface area (Å²) in [5.41, 5.74) is 1.66. The number of fused-ring (bicyclic) bond motifs is 1. The Balaban J connectivity index is 2.06. The molecule has 1 atom stereocenters. The lowest BCUT2D eigenvalue weighted by molar-refractivity contribution is 0.272. The smallest absolute Gasteiger partial charge is 0.0655 e. The standard InChI is InChI=1S/C16H18BrClS/c1-2-16(8-3-4-9-16)15(18)12-10-19-14-11(12)6-5-7-13(14)17/h5-7,10,15H,2-4,8-9H2,1H3. The van der Waals surface area contributed by atoms with E-state index in [9.17, 15) is 0 Å². The van der Waals surface area contributed by atoms with E-state index in [2.05, 4.69) is 46.4 Å². The van der Waals surface area contributed by atoms with Crippen molar-refractivity contribution in [3.8, 4) is 0 Å². The van der Waals surface area contributed by atoms with Gasteiger partial charge in [0.25, 0.3) is 0 Å². The summed E-state index contributed by atoms with van der Waals surface area (Å²) >= 11 is 12.4. The lowest BCUT2D eigenvalue weighted by Crippen LogP contribution is -2.21. The summed E-state index contributed by atoms with van der Waals surface area (Å²) in [5, 5.41) is 3.75. The van der Waals surface area contributed by atoms with E-state index in [1.165, 1.54) is 52.2 Å². The van der Waals surface area contributed by atoms with Gasteiger partial charge in [0.05, 0.1) is 5.38 Å². The molecule has 0 radical (unpaired) electrons. The first-order valence-corrected chi connectivity index (χ1v) is 9.08. The van der Waals surface area contributed by atoms with Crippen molar-refractivity contribution < 1.29 is 0 Å². The lowest BCUT2D eigenvalue weighted by Gasteiger charge is -2.32. The number of hydrogen-bond donors (Lipinski definition) is 0. The SMILES string of the molecule is CCC1(C(Cl)c2csc3c(Br)cccc23)CCCC1. The van der Waals surface area contributed by atoms with Crippen molar-refractivity contribution in [2.24, 2.45) is 5.41 Å². The first-order chi connectivity index (χ1) is 9.18. The third kappa shape index (κ3) is 2.26. The highest BCUT2D eigenvalue weighted by molar-refractivity contribution is 9.10. The van der Waals surface area contributed by atoms with Gasteiger partial charge in [-0.15, -0.1) is 22.9 Å². The van der Waals surface area contributed by atoms with Gasteiger partial charge < -0.3 is 0 Å². The summed E-state index contributed by atoms with van der Waals surface area (Å²) in [7, 11) is 0. The van der Waals surface area contributed by atoms with Crippen molar-refractivity contribution in [1.29, 1.82) is 0 Å². The van der Waals surface area contributed by atoms with Gasteiger partial charge in [0.1, 0.15) is 0 Å². The number of rotatable bonds is 3. The van der Waals surface area contributed by atoms with Crippen LogP contribution in [-0.2, 0) is 0 Å². The van der Waals surface area contributed by atoms with Crippen molar-refractivity contribution in [1.82, 2.24) is 0 Å². The molecule has 1 fully saturated rings. The number of alkyl halides is 1. The first kappa shape index (κ1) is 13.9. The van der Waals surface area contributed by atoms with E-state index >= 15 is 0 Å². The van der Waals surface area contributed by atoms with Crippen LogP contribution in [0.25, 0.3) is 10.1 Å². The summed E-state index contributed by atoms with van der Waals surface area (Å²) < 4.78 is 2.51. The molecule has 1 unspecified atom stereocenters. The molecule has 0 bridgehead atoms. The highest BCUT2D eigenvalue weighted by atomic mass is 79.9. The van der Waals surface area contributed by atoms with Crippen LogP contribution in [0.2, 0.25) is 0 Å². The van der Waals surface area contributed by atoms with Crippen LogP contribution in [0.15, 0.2) is 28.1 Å². The fourth-order valence-corrected chi connectivity index (χ4v) is 5.71. The Kier molecular flexibility index (Phi) is 3.94. The number of hydrogen-bond acceptors (Lipinski definition) is 1. The molecule has 0 amide bonds. The Labute approximate surface area is 132 Å². The summed E-state index contributed by atoms with van der Waals surface area (Å²) in [6.07, 6.45) is 6.42. The zero-order chi connectivity index (χ0) is 13.5. The molecule has 1 aromatic carbocycles. The molecule has 0 aliphatic heterocycles. The van der Waals surface area contributed by atoms with Gasteiger partial charge in [-0.05, 0) is 63.0 Å². The Bertz CT molecular complexity index is 583. The molecule has 3 rings (SSSR count). The second-order valence-electron chi connectivity index (χ2n) is 5.59. The lowest BCUT2D eigenvalue weighted by atomic mass is 9.77. The average molecular weight is 358 g/mol. The van der Waals surface area contributed by atoms with Crippen LogP contribution in [0, 0.1) is 5.41 Å². The zero-order valence-corrected chi connectivity index (χ0v) is 14.2. The van der Waals surface area contributed by atoms with Crippen molar-refractivity contribution in [3.63, 3.8) is 0 Å². The monoisotopic (exact) mass is 356 g/mol. The van der Waals surface area contributed by atoms with Gasteiger partial charge in [0.2, 0.25) is 0 Å². The molecular formula is C16H18BrClS. The molecule has 1 heterocycles. The summed E-state index contributed by atoms with van der Waals surface area (Å²) in [4.78, 5) is 0. The molecule has 1 saturated carbocycles. The Morgan fingerprint density at radius 2 is 2.11 bits per heavy atom. The highest BCUT2D eigenvalue weighted by Crippen LogP contribution is 2.55. The quantitative estimate of drug-likeness (QED) is 0.523. The normalized spacial score (nSPS) is 19.9. The predicted molar refractivity (Wildman–Crippen MR) is 89.3 cm³/mol. The maximum atomic E-state index is 6.93. The molecule has 0 spiro atoms. The van der Waals surface area contributed by atoms with E-state index in [0.29, 0.717) is 5.41 Å². The number of benzene rings is 1. The Morgan fingerprint density at radius 1 is 1.37 bits per heavy atom. The number of halogens is 2. The number of thiophene rings is 1. The summed E-state index contributed by atoms with van der Waals surface area (Å²) in [6.45, 7) is 2.30. The molecule has 1 aromatic heterocycles. The first-order valence-electron chi connectivity index (χ1n) is 6.97. The van der Waals surface area contributed by atoms with Gasteiger partial charge in [0, 0.05) is 9.17 Å². The topological polar surface area (TPSA) is 0 Å². The van der Waals surface area contributed by atoms with E-state index in [-0.39, 0.29) is 5.38 Å². The third-order valence-electron chi connectivity index (χ3n) is 4.70. The zero-order valence-electron chi connectivity index (χ0n) is 11.1. The van der Waals surface area contributed by atoms with Crippen LogP contribution in [-0.4, -0.2) is 0 Å². The molecule has 1 aliphatic carbocycles. The Morgan fingerprint density at radius 3 is 2.79 bits per heavy atom. The van der Waals surface area contributed by atoms with Crippen LogP contribution in [0.1, 0.15) is 50.0 Å². The van der Waals surface area contributed by atoms with Crippen LogP contribution in [0.5, 0.6) is 0 Å². The maximum Gasteiger partial charge on any atom is 0.0655 e. The Hall–Kier alpha value is -0.0500. The van der Waals surface area contributed by atoms with Crippen molar-refractivity contribution in [3.05, 3.63) is 33.6 Å². The van der Waals surface area contributed by atoms with E-state index in [1.807, 2.05) is 0 Å². The average Bonchev–Trinajstić information content (AvgIpc) is 3.06. The van der Waals surface area contributed by atoms with Crippen molar-refractivity contribution in [2.45, 2.75) is 44.4 Å². The van der Waals surface area contributed by atoms with Gasteiger partial charge in [-0.1, -0.05) is 31.9 Å². The van der Waals surface area contributed by atoms with E-state index in [4.69, 9.17) is 11.6 Å². The molecule has 102 valence electrons. The summed E-state index contributed by atoms with van der Waals surface area (Å²) in [5.74, 6) is 0. The molecule has 0 saturated heterocycles. The van der Waals surface area contributed by atoms with Crippen molar-refractivity contribution >= 4 is 49.0 Å². The minimum Gasteiger partial charge on any atom is -0.142 e. The van der Waals surface area contributed by atoms with Gasteiger partial charge >= 0.3 is 0 Å². The predicted octanol–water partition coefficient (Wildman–Crippen LogP) is 6.91.